The van der Waals surface area contributed by atoms with Gasteiger partial charge in [-0.2, -0.15) is 9.78 Å². The summed E-state index contributed by atoms with van der Waals surface area (Å²) in [6.07, 6.45) is 10.5. The van der Waals surface area contributed by atoms with Crippen molar-refractivity contribution in [1.82, 2.24) is 43.9 Å². The molecule has 9 heterocycles. The van der Waals surface area contributed by atoms with Crippen LogP contribution >= 0.6 is 15.9 Å². The van der Waals surface area contributed by atoms with Crippen LogP contribution in [0.2, 0.25) is 0 Å². The minimum atomic E-state index is -0.746. The lowest BCUT2D eigenvalue weighted by Gasteiger charge is -2.32. The number of aromatic nitrogens is 9. The van der Waals surface area contributed by atoms with Crippen LogP contribution < -0.4 is 43.7 Å². The Bertz CT molecular complexity index is 4080. The molecule has 0 saturated carbocycles. The van der Waals surface area contributed by atoms with Gasteiger partial charge in [-0.3, -0.25) is 24.0 Å². The first-order valence-electron chi connectivity index (χ1n) is 26.2. The van der Waals surface area contributed by atoms with Crippen molar-refractivity contribution in [2.45, 2.75) is 105 Å². The number of nitrogens with one attached hydrogen (secondary N) is 3. The van der Waals surface area contributed by atoms with E-state index in [1.807, 2.05) is 69.2 Å². The molecule has 8 aromatic heterocycles. The van der Waals surface area contributed by atoms with E-state index in [0.717, 1.165) is 44.5 Å². The Labute approximate surface area is 478 Å². The molecule has 1 aromatic carbocycles. The van der Waals surface area contributed by atoms with Gasteiger partial charge in [-0.05, 0) is 96.6 Å². The van der Waals surface area contributed by atoms with Gasteiger partial charge in [0, 0.05) is 104 Å². The molecule has 0 atom stereocenters. The fourth-order valence-corrected chi connectivity index (χ4v) is 9.03. The Morgan fingerprint density at radius 1 is 0.671 bits per heavy atom. The van der Waals surface area contributed by atoms with Gasteiger partial charge in [0.2, 0.25) is 0 Å². The van der Waals surface area contributed by atoms with Crippen molar-refractivity contribution in [3.63, 3.8) is 0 Å². The molecule has 0 unspecified atom stereocenters. The third-order valence-corrected chi connectivity index (χ3v) is 14.3. The standard InChI is InChI=1S/C29H27FN6O4.C17H24BN3O4.C11H12BrN3O2/c1-6-19-12-24(34-40-19)33-23-10-17(14-35(5)27(23)38)20-7-8-31-26(21(20)15-37)36-28(39)25-16(13-32-36)9-18(11-22(25)30)29(2,3)4;1-7-12-9-14(20-23-12)19-13-8-11(10-21(6)15(13)22)18-24-16(2,3)17(4,5)25-18;1-3-8-5-10(14-17-8)13-9-4-7(12)6-15(2)11(9)16/h7-15H,6H2,1-5H3,(H,33,34);8-10H,7H2,1-6H3,(H,19,20);4-6H,3H2,1-2H3,(H,13,14). The van der Waals surface area contributed by atoms with Crippen molar-refractivity contribution in [2.24, 2.45) is 21.1 Å². The smallest absolute Gasteiger partial charge is 0.399 e. The number of aryl methyl sites for hydroxylation is 6. The predicted octanol–water partition coefficient (Wildman–Crippen LogP) is 9.11. The predicted molar refractivity (Wildman–Crippen MR) is 314 cm³/mol. The average Bonchev–Trinajstić information content (AvgIpc) is 3.22. The number of pyridine rings is 4. The number of nitrogens with zero attached hydrogens (tertiary/aromatic N) is 9. The summed E-state index contributed by atoms with van der Waals surface area (Å²) in [5.74, 6) is 2.83. The van der Waals surface area contributed by atoms with Crippen LogP contribution in [-0.4, -0.2) is 68.5 Å². The van der Waals surface area contributed by atoms with Crippen molar-refractivity contribution in [1.29, 1.82) is 0 Å². The molecule has 1 aliphatic heterocycles. The number of hydrogen-bond donors (Lipinski definition) is 3. The summed E-state index contributed by atoms with van der Waals surface area (Å²) >= 11 is 3.34. The molecule has 0 bridgehead atoms. The number of carbonyl (C=O) groups excluding carboxylic acids is 1. The number of benzene rings is 1. The van der Waals surface area contributed by atoms with E-state index < -0.39 is 29.7 Å². The maximum Gasteiger partial charge on any atom is 0.496 e. The molecule has 0 radical (unpaired) electrons. The van der Waals surface area contributed by atoms with E-state index in [9.17, 15) is 24.0 Å². The topological polar surface area (TPSA) is 263 Å². The van der Waals surface area contributed by atoms with Crippen LogP contribution in [0.3, 0.4) is 0 Å². The first-order chi connectivity index (χ1) is 38.7. The molecule has 25 heteroatoms. The minimum absolute atomic E-state index is 0.0440. The normalized spacial score (nSPS) is 13.5. The number of carbonyl (C=O) groups is 1. The highest BCUT2D eigenvalue weighted by Gasteiger charge is 2.52. The largest absolute Gasteiger partial charge is 0.496 e. The van der Waals surface area contributed by atoms with E-state index in [2.05, 4.69) is 57.4 Å². The van der Waals surface area contributed by atoms with Gasteiger partial charge in [0.25, 0.3) is 22.2 Å². The molecular formula is C57H63BBrFN12O10. The lowest BCUT2D eigenvalue weighted by molar-refractivity contribution is 0.00578. The Hall–Kier alpha value is -8.55. The van der Waals surface area contributed by atoms with Crippen LogP contribution in [0.5, 0.6) is 0 Å². The van der Waals surface area contributed by atoms with Crippen molar-refractivity contribution in [3.8, 4) is 16.9 Å². The molecule has 22 nitrogen and oxygen atoms in total. The maximum atomic E-state index is 15.2. The van der Waals surface area contributed by atoms with Crippen LogP contribution in [0, 0.1) is 5.82 Å². The second-order valence-corrected chi connectivity index (χ2v) is 22.4. The summed E-state index contributed by atoms with van der Waals surface area (Å²) < 4.78 is 48.9. The van der Waals surface area contributed by atoms with Gasteiger partial charge in [-0.25, -0.2) is 9.37 Å². The van der Waals surface area contributed by atoms with E-state index in [-0.39, 0.29) is 44.5 Å². The maximum absolute atomic E-state index is 15.2. The number of rotatable bonds is 13. The van der Waals surface area contributed by atoms with Crippen LogP contribution in [-0.2, 0) is 55.1 Å². The summed E-state index contributed by atoms with van der Waals surface area (Å²) in [5.41, 5.74) is 0.890. The van der Waals surface area contributed by atoms with Gasteiger partial charge in [0.1, 0.15) is 40.2 Å². The van der Waals surface area contributed by atoms with Gasteiger partial charge in [0.05, 0.1) is 28.3 Å². The Kier molecular flexibility index (Phi) is 17.4. The van der Waals surface area contributed by atoms with E-state index in [0.29, 0.717) is 63.8 Å². The van der Waals surface area contributed by atoms with Gasteiger partial charge in [0.15, 0.2) is 29.6 Å². The van der Waals surface area contributed by atoms with Crippen LogP contribution in [0.1, 0.15) is 102 Å². The van der Waals surface area contributed by atoms with Gasteiger partial charge < -0.3 is 52.5 Å². The molecule has 3 N–H and O–H groups in total. The van der Waals surface area contributed by atoms with E-state index in [1.165, 1.54) is 32.2 Å². The van der Waals surface area contributed by atoms with Crippen molar-refractivity contribution in [2.75, 3.05) is 16.0 Å². The highest BCUT2D eigenvalue weighted by Crippen LogP contribution is 2.37. The summed E-state index contributed by atoms with van der Waals surface area (Å²) in [7, 11) is 4.42. The summed E-state index contributed by atoms with van der Waals surface area (Å²) in [6.45, 7) is 19.7. The lowest BCUT2D eigenvalue weighted by Crippen LogP contribution is -2.41. The fraction of sp³-hybridized carbons (Fsp3) is 0.333. The highest BCUT2D eigenvalue weighted by atomic mass is 79.9. The number of anilines is 6. The molecule has 9 aromatic rings. The van der Waals surface area contributed by atoms with Crippen molar-refractivity contribution >= 4 is 80.1 Å². The van der Waals surface area contributed by atoms with E-state index >= 15 is 4.39 Å². The number of hydrogen-bond acceptors (Lipinski definition) is 18. The quantitative estimate of drug-likeness (QED) is 0.0717. The minimum Gasteiger partial charge on any atom is -0.399 e. The van der Waals surface area contributed by atoms with Gasteiger partial charge >= 0.3 is 7.12 Å². The molecule has 0 aliphatic carbocycles. The Morgan fingerprint density at radius 2 is 1.16 bits per heavy atom. The van der Waals surface area contributed by atoms with Gasteiger partial charge in [-0.15, -0.1) is 0 Å². The zero-order valence-electron chi connectivity index (χ0n) is 47.7. The lowest BCUT2D eigenvalue weighted by atomic mass is 9.80. The monoisotopic (exact) mass is 1180 g/mol. The molecule has 428 valence electrons. The molecule has 0 spiro atoms. The van der Waals surface area contributed by atoms with E-state index in [1.54, 1.807) is 88.3 Å². The third kappa shape index (κ3) is 12.8. The Morgan fingerprint density at radius 3 is 1.65 bits per heavy atom. The summed E-state index contributed by atoms with van der Waals surface area (Å²) in [6, 6.07) is 14.9. The third-order valence-electron chi connectivity index (χ3n) is 13.9. The average molecular weight is 1190 g/mol. The summed E-state index contributed by atoms with van der Waals surface area (Å²) in [4.78, 5) is 67.2. The molecule has 1 aliphatic rings. The second kappa shape index (κ2) is 23.9. The first-order valence-corrected chi connectivity index (χ1v) is 27.0. The van der Waals surface area contributed by atoms with Crippen molar-refractivity contribution in [3.05, 3.63) is 166 Å². The Balaban J connectivity index is 0.000000178. The van der Waals surface area contributed by atoms with E-state index in [4.69, 9.17) is 22.9 Å². The summed E-state index contributed by atoms with van der Waals surface area (Å²) in [5, 5.41) is 25.0. The molecule has 1 saturated heterocycles. The zero-order valence-corrected chi connectivity index (χ0v) is 49.3. The van der Waals surface area contributed by atoms with Crippen LogP contribution in [0.15, 0.2) is 123 Å². The molecule has 82 heavy (non-hydrogen) atoms. The fourth-order valence-electron chi connectivity index (χ4n) is 8.49. The SMILES string of the molecule is CCc1cc(Nc2cc(-c3ccnc(-n4ncc5cc(C(C)(C)C)cc(F)c5c4=O)c3C=O)cn(C)c2=O)no1.CCc1cc(Nc2cc(B3OC(C)(C)C(C)(C)O3)cn(C)c2=O)no1.CCc1cc(Nc2cc(Br)cn(C)c2=O)no1. The molecule has 1 fully saturated rings. The molecule has 10 rings (SSSR count). The number of fused-ring (bicyclic) bond motifs is 1. The highest BCUT2D eigenvalue weighted by molar-refractivity contribution is 9.10. The number of aldehydes is 1. The second-order valence-electron chi connectivity index (χ2n) is 21.5. The van der Waals surface area contributed by atoms with Crippen LogP contribution in [0.4, 0.5) is 38.9 Å². The molecular weight excluding hydrogens is 1120 g/mol. The van der Waals surface area contributed by atoms with Gasteiger partial charge in [-0.1, -0.05) is 57.0 Å². The van der Waals surface area contributed by atoms with Crippen LogP contribution in [0.25, 0.3) is 27.7 Å². The zero-order chi connectivity index (χ0) is 59.6. The number of halogens is 2. The first kappa shape index (κ1) is 59.6. The molecule has 0 amide bonds. The van der Waals surface area contributed by atoms with Crippen molar-refractivity contribution < 1.29 is 32.1 Å².